The van der Waals surface area contributed by atoms with Gasteiger partial charge in [0.15, 0.2) is 0 Å². The van der Waals surface area contributed by atoms with Gasteiger partial charge in [-0.05, 0) is 49.9 Å². The Morgan fingerprint density at radius 2 is 2.35 bits per heavy atom. The molecule has 8 heteroatoms. The summed E-state index contributed by atoms with van der Waals surface area (Å²) in [4.78, 5) is 14.0. The minimum absolute atomic E-state index is 0.120. The number of nitrogens with zero attached hydrogens (tertiary/aromatic N) is 2. The predicted molar refractivity (Wildman–Crippen MR) is 108 cm³/mol. The van der Waals surface area contributed by atoms with Gasteiger partial charge in [0.05, 0.1) is 27.7 Å². The first-order valence-corrected chi connectivity index (χ1v) is 10.6. The van der Waals surface area contributed by atoms with E-state index < -0.39 is 0 Å². The lowest BCUT2D eigenvalue weighted by Gasteiger charge is -2.21. The number of nitrogens with one attached hydrogen (secondary N) is 2. The second-order valence-corrected chi connectivity index (χ2v) is 9.15. The molecule has 4 heterocycles. The summed E-state index contributed by atoms with van der Waals surface area (Å²) in [7, 11) is 0. The fourth-order valence-electron chi connectivity index (χ4n) is 3.18. The van der Waals surface area contributed by atoms with Gasteiger partial charge < -0.3 is 10.6 Å². The van der Waals surface area contributed by atoms with Crippen molar-refractivity contribution in [2.45, 2.75) is 31.8 Å². The third kappa shape index (κ3) is 3.44. The lowest BCUT2D eigenvalue weighted by molar-refractivity contribution is 0.0947. The van der Waals surface area contributed by atoms with Gasteiger partial charge in [-0.1, -0.05) is 11.6 Å². The molecule has 0 amide bonds. The van der Waals surface area contributed by atoms with E-state index in [0.29, 0.717) is 17.9 Å². The Balaban J connectivity index is 1.65. The molecule has 1 fully saturated rings. The highest BCUT2D eigenvalue weighted by atomic mass is 35.5. The van der Waals surface area contributed by atoms with Crippen LogP contribution in [-0.4, -0.2) is 22.2 Å². The van der Waals surface area contributed by atoms with Crippen LogP contribution in [0.15, 0.2) is 35.0 Å². The van der Waals surface area contributed by atoms with E-state index in [-0.39, 0.29) is 11.4 Å². The Hall–Kier alpha value is -1.67. The number of thiophene rings is 2. The molecule has 5 nitrogen and oxygen atoms in total. The summed E-state index contributed by atoms with van der Waals surface area (Å²) >= 11 is 9.04. The molecule has 1 atom stereocenters. The van der Waals surface area contributed by atoms with Crippen molar-refractivity contribution in [3.05, 3.63) is 55.5 Å². The monoisotopic (exact) mass is 406 g/mol. The van der Waals surface area contributed by atoms with Crippen LogP contribution < -0.4 is 10.6 Å². The molecule has 3 aromatic rings. The summed E-state index contributed by atoms with van der Waals surface area (Å²) in [5.41, 5.74) is 1.35. The van der Waals surface area contributed by atoms with Crippen molar-refractivity contribution in [3.63, 3.8) is 0 Å². The molecule has 0 bridgehead atoms. The first kappa shape index (κ1) is 17.7. The topological polar surface area (TPSA) is 59.0 Å². The van der Waals surface area contributed by atoms with Crippen LogP contribution in [-0.2, 0) is 12.1 Å². The Kier molecular flexibility index (Phi) is 4.88. The van der Waals surface area contributed by atoms with Gasteiger partial charge in [0, 0.05) is 16.3 Å². The van der Waals surface area contributed by atoms with Crippen LogP contribution in [0.5, 0.6) is 0 Å². The van der Waals surface area contributed by atoms with E-state index in [2.05, 4.69) is 22.7 Å². The van der Waals surface area contributed by atoms with E-state index in [0.717, 1.165) is 34.3 Å². The van der Waals surface area contributed by atoms with Gasteiger partial charge in [0.25, 0.3) is 5.91 Å². The summed E-state index contributed by atoms with van der Waals surface area (Å²) in [6.45, 7) is 3.71. The normalized spacial score (nSPS) is 19.8. The molecule has 0 saturated carbocycles. The first-order chi connectivity index (χ1) is 12.5. The molecule has 0 radical (unpaired) electrons. The summed E-state index contributed by atoms with van der Waals surface area (Å²) < 4.78 is 2.24. The van der Waals surface area contributed by atoms with Crippen LogP contribution >= 0.6 is 34.3 Å². The Labute approximate surface area is 165 Å². The molecule has 26 heavy (non-hydrogen) atoms. The van der Waals surface area contributed by atoms with Crippen LogP contribution in [0.2, 0.25) is 4.34 Å². The third-order valence-corrected chi connectivity index (χ3v) is 6.59. The van der Waals surface area contributed by atoms with Crippen molar-refractivity contribution in [1.82, 2.24) is 15.1 Å². The van der Waals surface area contributed by atoms with Crippen LogP contribution in [0.25, 0.3) is 0 Å². The van der Waals surface area contributed by atoms with Crippen molar-refractivity contribution < 1.29 is 4.79 Å². The van der Waals surface area contributed by atoms with Gasteiger partial charge in [-0.2, -0.15) is 21.1 Å². The highest BCUT2D eigenvalue weighted by Gasteiger charge is 2.34. The van der Waals surface area contributed by atoms with E-state index in [1.54, 1.807) is 0 Å². The lowest BCUT2D eigenvalue weighted by Crippen LogP contribution is -2.34. The maximum absolute atomic E-state index is 12.9. The average Bonchev–Trinajstić information content (AvgIpc) is 3.40. The van der Waals surface area contributed by atoms with Crippen LogP contribution in [0.1, 0.15) is 40.7 Å². The molecule has 0 spiro atoms. The van der Waals surface area contributed by atoms with Gasteiger partial charge in [-0.15, -0.1) is 11.3 Å². The maximum atomic E-state index is 12.9. The number of anilines is 1. The van der Waals surface area contributed by atoms with Gasteiger partial charge in [-0.25, -0.2) is 0 Å². The summed E-state index contributed by atoms with van der Waals surface area (Å²) in [5.74, 6) is 0.585. The Bertz CT molecular complexity index is 910. The minimum Gasteiger partial charge on any atom is -0.365 e. The number of carbonyl (C=O) groups excluding carboxylic acids is 1. The highest BCUT2D eigenvalue weighted by molar-refractivity contribution is 7.16. The zero-order valence-electron chi connectivity index (χ0n) is 14.3. The van der Waals surface area contributed by atoms with Crippen molar-refractivity contribution in [2.75, 3.05) is 11.9 Å². The standard InChI is InChI=1S/C18H19ClN4OS2/c1-18(6-2-7-21-18)14-9-16(20-10-13-3-4-15(19)26-13)23(22-14)17(24)12-5-8-25-11-12/h3-5,8-9,11,20-21H,2,6-7,10H2,1H3. The van der Waals surface area contributed by atoms with Crippen molar-refractivity contribution in [2.24, 2.45) is 0 Å². The molecule has 1 aliphatic heterocycles. The van der Waals surface area contributed by atoms with E-state index in [1.807, 2.05) is 35.0 Å². The second-order valence-electron chi connectivity index (χ2n) is 6.57. The first-order valence-electron chi connectivity index (χ1n) is 8.46. The summed E-state index contributed by atoms with van der Waals surface area (Å²) in [6, 6.07) is 7.68. The molecular weight excluding hydrogens is 388 g/mol. The number of hydrogen-bond acceptors (Lipinski definition) is 6. The number of rotatable bonds is 5. The van der Waals surface area contributed by atoms with Gasteiger partial charge in [0.1, 0.15) is 5.82 Å². The Morgan fingerprint density at radius 1 is 1.46 bits per heavy atom. The average molecular weight is 407 g/mol. The molecule has 0 aromatic carbocycles. The SMILES string of the molecule is CC1(c2cc(NCc3ccc(Cl)s3)n(C(=O)c3ccsc3)n2)CCCN1. The smallest absolute Gasteiger partial charge is 0.280 e. The van der Waals surface area contributed by atoms with Crippen LogP contribution in [0, 0.1) is 0 Å². The highest BCUT2D eigenvalue weighted by Crippen LogP contribution is 2.31. The molecule has 3 aromatic heterocycles. The fraction of sp³-hybridized carbons (Fsp3) is 0.333. The summed E-state index contributed by atoms with van der Waals surface area (Å²) in [5, 5.41) is 15.3. The van der Waals surface area contributed by atoms with Gasteiger partial charge >= 0.3 is 0 Å². The second kappa shape index (κ2) is 7.15. The zero-order chi connectivity index (χ0) is 18.1. The van der Waals surface area contributed by atoms with Crippen molar-refractivity contribution in [3.8, 4) is 0 Å². The number of aromatic nitrogens is 2. The van der Waals surface area contributed by atoms with Crippen LogP contribution in [0.4, 0.5) is 5.82 Å². The van der Waals surface area contributed by atoms with Gasteiger partial charge in [-0.3, -0.25) is 4.79 Å². The predicted octanol–water partition coefficient (Wildman–Crippen LogP) is 4.56. The number of carbonyl (C=O) groups is 1. The maximum Gasteiger partial charge on any atom is 0.280 e. The summed E-state index contributed by atoms with van der Waals surface area (Å²) in [6.07, 6.45) is 2.12. The molecule has 1 unspecified atom stereocenters. The Morgan fingerprint density at radius 3 is 3.00 bits per heavy atom. The van der Waals surface area contributed by atoms with Crippen molar-refractivity contribution >= 4 is 46.0 Å². The fourth-order valence-corrected chi connectivity index (χ4v) is 4.83. The van der Waals surface area contributed by atoms with E-state index in [9.17, 15) is 4.79 Å². The van der Waals surface area contributed by atoms with Gasteiger partial charge in [0.2, 0.25) is 0 Å². The number of halogens is 1. The minimum atomic E-state index is -0.192. The molecule has 2 N–H and O–H groups in total. The largest absolute Gasteiger partial charge is 0.365 e. The van der Waals surface area contributed by atoms with E-state index in [4.69, 9.17) is 11.6 Å². The quantitative estimate of drug-likeness (QED) is 0.652. The zero-order valence-corrected chi connectivity index (χ0v) is 16.7. The lowest BCUT2D eigenvalue weighted by atomic mass is 9.96. The molecule has 0 aliphatic carbocycles. The molecule has 4 rings (SSSR count). The molecule has 1 saturated heterocycles. The van der Waals surface area contributed by atoms with E-state index >= 15 is 0 Å². The molecule has 1 aliphatic rings. The molecule has 136 valence electrons. The third-order valence-electron chi connectivity index (χ3n) is 4.68. The van der Waals surface area contributed by atoms with Crippen molar-refractivity contribution in [1.29, 1.82) is 0 Å². The number of hydrogen-bond donors (Lipinski definition) is 2. The van der Waals surface area contributed by atoms with Crippen LogP contribution in [0.3, 0.4) is 0 Å². The van der Waals surface area contributed by atoms with E-state index in [1.165, 1.54) is 27.4 Å². The molecular formula is C18H19ClN4OS2.